The van der Waals surface area contributed by atoms with E-state index in [1.54, 1.807) is 0 Å². The minimum absolute atomic E-state index is 0.138. The van der Waals surface area contributed by atoms with Gasteiger partial charge < -0.3 is 4.74 Å². The third-order valence-electron chi connectivity index (χ3n) is 4.22. The lowest BCUT2D eigenvalue weighted by molar-refractivity contribution is 0.0472. The molecule has 0 aromatic heterocycles. The predicted octanol–water partition coefficient (Wildman–Crippen LogP) is 4.20. The highest BCUT2D eigenvalue weighted by Gasteiger charge is 2.35. The molecule has 0 saturated heterocycles. The molecule has 1 aliphatic rings. The van der Waals surface area contributed by atoms with Gasteiger partial charge >= 0.3 is 5.97 Å². The molecule has 3 rings (SSSR count). The molecule has 0 aliphatic carbocycles. The van der Waals surface area contributed by atoms with E-state index >= 15 is 0 Å². The summed E-state index contributed by atoms with van der Waals surface area (Å²) >= 11 is 3.35. The Morgan fingerprint density at radius 2 is 1.73 bits per heavy atom. The van der Waals surface area contributed by atoms with Crippen LogP contribution in [0.5, 0.6) is 0 Å². The van der Waals surface area contributed by atoms with Gasteiger partial charge in [-0.3, -0.25) is 14.5 Å². The summed E-state index contributed by atoms with van der Waals surface area (Å²) in [6, 6.07) is 11.9. The van der Waals surface area contributed by atoms with E-state index in [1.165, 1.54) is 23.1 Å². The normalized spacial score (nSPS) is 13.1. The molecule has 134 valence electrons. The number of ether oxygens (including phenoxy) is 1. The number of hydrogen-bond donors (Lipinski definition) is 0. The van der Waals surface area contributed by atoms with Crippen LogP contribution in [0.3, 0.4) is 0 Å². The van der Waals surface area contributed by atoms with Gasteiger partial charge in [-0.2, -0.15) is 0 Å². The van der Waals surface area contributed by atoms with Gasteiger partial charge in [0.05, 0.1) is 16.7 Å². The molecular weight excluding hydrogens is 398 g/mol. The fraction of sp³-hybridized carbons (Fsp3) is 0.250. The van der Waals surface area contributed by atoms with E-state index in [2.05, 4.69) is 15.9 Å². The number of halogens is 1. The molecular formula is C20H18BrNO4. The van der Waals surface area contributed by atoms with E-state index in [4.69, 9.17) is 4.74 Å². The summed E-state index contributed by atoms with van der Waals surface area (Å²) in [6.45, 7) is 2.53. The maximum atomic E-state index is 12.4. The average Bonchev–Trinajstić information content (AvgIpc) is 2.89. The summed E-state index contributed by atoms with van der Waals surface area (Å²) in [5, 5.41) is 0. The van der Waals surface area contributed by atoms with Gasteiger partial charge in [-0.05, 0) is 42.3 Å². The van der Waals surface area contributed by atoms with Crippen LogP contribution in [0, 0.1) is 0 Å². The number of imide groups is 1. The second-order valence-corrected chi connectivity index (χ2v) is 6.99. The third kappa shape index (κ3) is 3.70. The largest absolute Gasteiger partial charge is 0.457 e. The zero-order chi connectivity index (χ0) is 18.7. The molecule has 2 amide bonds. The van der Waals surface area contributed by atoms with Crippen molar-refractivity contribution in [1.29, 1.82) is 0 Å². The van der Waals surface area contributed by atoms with E-state index in [0.29, 0.717) is 12.1 Å². The van der Waals surface area contributed by atoms with Crippen LogP contribution in [0.4, 0.5) is 0 Å². The number of benzene rings is 2. The van der Waals surface area contributed by atoms with Gasteiger partial charge in [0.25, 0.3) is 11.8 Å². The van der Waals surface area contributed by atoms with Crippen LogP contribution in [0.1, 0.15) is 56.4 Å². The van der Waals surface area contributed by atoms with Gasteiger partial charge in [-0.1, -0.05) is 41.4 Å². The van der Waals surface area contributed by atoms with Crippen LogP contribution in [-0.4, -0.2) is 29.2 Å². The van der Waals surface area contributed by atoms with Crippen LogP contribution in [-0.2, 0) is 11.3 Å². The van der Waals surface area contributed by atoms with E-state index < -0.39 is 5.97 Å². The first kappa shape index (κ1) is 18.3. The molecule has 0 spiro atoms. The fourth-order valence-corrected chi connectivity index (χ4v) is 3.01. The van der Waals surface area contributed by atoms with Crippen molar-refractivity contribution in [2.24, 2.45) is 0 Å². The lowest BCUT2D eigenvalue weighted by atomic mass is 10.1. The Kier molecular flexibility index (Phi) is 5.52. The van der Waals surface area contributed by atoms with E-state index in [9.17, 15) is 14.4 Å². The van der Waals surface area contributed by atoms with Crippen molar-refractivity contribution in [3.8, 4) is 0 Å². The molecule has 0 fully saturated rings. The predicted molar refractivity (Wildman–Crippen MR) is 100.0 cm³/mol. The van der Waals surface area contributed by atoms with E-state index in [-0.39, 0.29) is 29.5 Å². The van der Waals surface area contributed by atoms with Crippen molar-refractivity contribution < 1.29 is 19.1 Å². The van der Waals surface area contributed by atoms with Crippen molar-refractivity contribution in [2.75, 3.05) is 6.54 Å². The third-order valence-corrected chi connectivity index (χ3v) is 4.75. The highest BCUT2D eigenvalue weighted by molar-refractivity contribution is 9.10. The minimum Gasteiger partial charge on any atom is -0.457 e. The summed E-state index contributed by atoms with van der Waals surface area (Å²) in [6.07, 6.45) is 1.65. The first-order chi connectivity index (χ1) is 12.5. The second kappa shape index (κ2) is 7.83. The van der Waals surface area contributed by atoms with Gasteiger partial charge in [0.1, 0.15) is 6.61 Å². The Bertz CT molecular complexity index is 861. The molecule has 1 aliphatic heterocycles. The molecule has 0 unspecified atom stereocenters. The molecule has 2 aromatic rings. The molecule has 0 radical (unpaired) electrons. The molecule has 0 saturated carbocycles. The summed E-state index contributed by atoms with van der Waals surface area (Å²) in [5.41, 5.74) is 1.74. The van der Waals surface area contributed by atoms with Crippen LogP contribution in [0.25, 0.3) is 0 Å². The number of esters is 1. The number of carbonyl (C=O) groups is 3. The number of rotatable bonds is 6. The topological polar surface area (TPSA) is 63.7 Å². The molecule has 1 heterocycles. The monoisotopic (exact) mass is 415 g/mol. The maximum Gasteiger partial charge on any atom is 0.338 e. The minimum atomic E-state index is -0.525. The molecule has 0 atom stereocenters. The first-order valence-corrected chi connectivity index (χ1v) is 9.22. The standard InChI is InChI=1S/C20H18BrNO4/c1-2-3-10-22-18(23)16-9-6-14(11-17(16)19(22)24)20(25)26-12-13-4-7-15(21)8-5-13/h4-9,11H,2-3,10,12H2,1H3. The summed E-state index contributed by atoms with van der Waals surface area (Å²) in [4.78, 5) is 38.3. The van der Waals surface area contributed by atoms with E-state index in [0.717, 1.165) is 22.9 Å². The van der Waals surface area contributed by atoms with Gasteiger partial charge in [0.2, 0.25) is 0 Å². The van der Waals surface area contributed by atoms with E-state index in [1.807, 2.05) is 31.2 Å². The Morgan fingerprint density at radius 1 is 1.04 bits per heavy atom. The number of nitrogens with zero attached hydrogens (tertiary/aromatic N) is 1. The van der Waals surface area contributed by atoms with Crippen molar-refractivity contribution in [3.05, 3.63) is 69.2 Å². The Hall–Kier alpha value is -2.47. The number of unbranched alkanes of at least 4 members (excludes halogenated alkanes) is 1. The molecule has 0 bridgehead atoms. The average molecular weight is 416 g/mol. The summed E-state index contributed by atoms with van der Waals surface area (Å²) < 4.78 is 6.25. The highest BCUT2D eigenvalue weighted by Crippen LogP contribution is 2.25. The second-order valence-electron chi connectivity index (χ2n) is 6.08. The zero-order valence-electron chi connectivity index (χ0n) is 14.3. The SMILES string of the molecule is CCCCN1C(=O)c2ccc(C(=O)OCc3ccc(Br)cc3)cc2C1=O. The molecule has 0 N–H and O–H groups in total. The molecule has 2 aromatic carbocycles. The number of hydrogen-bond acceptors (Lipinski definition) is 4. The van der Waals surface area contributed by atoms with Crippen molar-refractivity contribution in [3.63, 3.8) is 0 Å². The smallest absolute Gasteiger partial charge is 0.338 e. The maximum absolute atomic E-state index is 12.4. The first-order valence-electron chi connectivity index (χ1n) is 8.43. The molecule has 6 heteroatoms. The molecule has 26 heavy (non-hydrogen) atoms. The van der Waals surface area contributed by atoms with Crippen LogP contribution in [0.2, 0.25) is 0 Å². The number of amides is 2. The van der Waals surface area contributed by atoms with Crippen LogP contribution in [0.15, 0.2) is 46.9 Å². The van der Waals surface area contributed by atoms with Crippen LogP contribution < -0.4 is 0 Å². The number of carbonyl (C=O) groups excluding carboxylic acids is 3. The summed E-state index contributed by atoms with van der Waals surface area (Å²) in [5.74, 6) is -1.17. The lowest BCUT2D eigenvalue weighted by Gasteiger charge is -2.12. The highest BCUT2D eigenvalue weighted by atomic mass is 79.9. The number of fused-ring (bicyclic) bond motifs is 1. The fourth-order valence-electron chi connectivity index (χ4n) is 2.75. The summed E-state index contributed by atoms with van der Waals surface area (Å²) in [7, 11) is 0. The van der Waals surface area contributed by atoms with Gasteiger partial charge in [-0.25, -0.2) is 4.79 Å². The Labute approximate surface area is 160 Å². The quantitative estimate of drug-likeness (QED) is 0.523. The lowest BCUT2D eigenvalue weighted by Crippen LogP contribution is -2.30. The van der Waals surface area contributed by atoms with Crippen molar-refractivity contribution >= 4 is 33.7 Å². The van der Waals surface area contributed by atoms with Crippen LogP contribution >= 0.6 is 15.9 Å². The van der Waals surface area contributed by atoms with Gasteiger partial charge in [0, 0.05) is 11.0 Å². The molecule has 5 nitrogen and oxygen atoms in total. The van der Waals surface area contributed by atoms with Gasteiger partial charge in [0.15, 0.2) is 0 Å². The Balaban J connectivity index is 1.72. The van der Waals surface area contributed by atoms with Gasteiger partial charge in [-0.15, -0.1) is 0 Å². The zero-order valence-corrected chi connectivity index (χ0v) is 15.9. The van der Waals surface area contributed by atoms with Crippen molar-refractivity contribution in [2.45, 2.75) is 26.4 Å². The Morgan fingerprint density at radius 3 is 2.42 bits per heavy atom. The van der Waals surface area contributed by atoms with Crippen molar-refractivity contribution in [1.82, 2.24) is 4.90 Å².